The average molecular weight is 677 g/mol. The van der Waals surface area contributed by atoms with Gasteiger partial charge in [0, 0.05) is 44.2 Å². The summed E-state index contributed by atoms with van der Waals surface area (Å²) < 4.78 is 7.13. The highest BCUT2D eigenvalue weighted by molar-refractivity contribution is 6.36. The third-order valence-electron chi connectivity index (χ3n) is 10.1. The molecule has 2 saturated carbocycles. The molecule has 2 N–H and O–H groups in total. The molecule has 2 atom stereocenters. The second-order valence-electron chi connectivity index (χ2n) is 13.3. The number of benzene rings is 2. The number of aromatic nitrogens is 4. The molecular weight excluding hydrogens is 637 g/mol. The second-order valence-corrected chi connectivity index (χ2v) is 14.1. The van der Waals surface area contributed by atoms with Crippen LogP contribution in [0.4, 0.5) is 5.69 Å². The fourth-order valence-electron chi connectivity index (χ4n) is 7.07. The van der Waals surface area contributed by atoms with E-state index >= 15 is 0 Å². The van der Waals surface area contributed by atoms with Gasteiger partial charge < -0.3 is 24.8 Å². The molecule has 2 aromatic heterocycles. The number of fused-ring (bicyclic) bond motifs is 2. The molecule has 0 spiro atoms. The maximum Gasteiger partial charge on any atom is 0.271 e. The molecule has 10 nitrogen and oxygen atoms in total. The lowest BCUT2D eigenvalue weighted by atomic mass is 9.87. The molecule has 0 radical (unpaired) electrons. The average Bonchev–Trinajstić information content (AvgIpc) is 3.56. The monoisotopic (exact) mass is 675 g/mol. The Labute approximate surface area is 284 Å². The summed E-state index contributed by atoms with van der Waals surface area (Å²) in [5, 5.41) is 7.16. The number of nitrogens with zero attached hydrogens (tertiary/aromatic N) is 5. The summed E-state index contributed by atoms with van der Waals surface area (Å²) in [5.74, 6) is 2.78. The molecular formula is C35H39Cl2N7O3. The van der Waals surface area contributed by atoms with Crippen LogP contribution in [0, 0.1) is 17.8 Å². The number of imidazole rings is 1. The molecule has 246 valence electrons. The van der Waals surface area contributed by atoms with Crippen LogP contribution in [-0.4, -0.2) is 57.6 Å². The Morgan fingerprint density at radius 2 is 1.79 bits per heavy atom. The van der Waals surface area contributed by atoms with Gasteiger partial charge >= 0.3 is 0 Å². The van der Waals surface area contributed by atoms with Crippen LogP contribution in [0.5, 0.6) is 5.88 Å². The van der Waals surface area contributed by atoms with Crippen LogP contribution >= 0.6 is 23.2 Å². The lowest BCUT2D eigenvalue weighted by molar-refractivity contribution is 0.0921. The smallest absolute Gasteiger partial charge is 0.271 e. The number of carbonyl (C=O) groups is 2. The molecule has 47 heavy (non-hydrogen) atoms. The van der Waals surface area contributed by atoms with Crippen molar-refractivity contribution >= 4 is 51.7 Å². The standard InChI is InChI=1S/C35H39Cl2N7O3/c1-19-4-7-23(8-5-19)40-34(45)25-11-27-30(13-29(25)44-17-21-10-22(21)18-44)43(2)31(41-27)12-24-26(36)9-6-20(33(24)37)14-39-35(46)28-15-38-16-32(42-28)47-3/h6,9,11,13,15-16,19,21-23H,4-5,7-8,10,12,14,17-18H2,1-3H3,(H,39,46)(H,40,45). The van der Waals surface area contributed by atoms with Gasteiger partial charge in [0.2, 0.25) is 5.88 Å². The number of piperidine rings is 1. The Hall–Kier alpha value is -3.89. The van der Waals surface area contributed by atoms with Crippen LogP contribution in [0.15, 0.2) is 36.7 Å². The van der Waals surface area contributed by atoms with Gasteiger partial charge in [-0.25, -0.2) is 9.97 Å². The van der Waals surface area contributed by atoms with Crippen LogP contribution in [0.3, 0.4) is 0 Å². The van der Waals surface area contributed by atoms with Crippen molar-refractivity contribution in [1.29, 1.82) is 0 Å². The van der Waals surface area contributed by atoms with Crippen molar-refractivity contribution < 1.29 is 14.3 Å². The normalized spacial score (nSPS) is 21.9. The third-order valence-corrected chi connectivity index (χ3v) is 10.9. The molecule has 2 aliphatic carbocycles. The highest BCUT2D eigenvalue weighted by atomic mass is 35.5. The summed E-state index contributed by atoms with van der Waals surface area (Å²) in [6.45, 7) is 4.43. The minimum atomic E-state index is -0.400. The molecule has 7 rings (SSSR count). The van der Waals surface area contributed by atoms with Gasteiger partial charge in [-0.15, -0.1) is 0 Å². The number of ether oxygens (including phenoxy) is 1. The number of hydrogen-bond donors (Lipinski definition) is 2. The number of carbonyl (C=O) groups excluding carboxylic acids is 2. The Bertz CT molecular complexity index is 1840. The van der Waals surface area contributed by atoms with Crippen molar-refractivity contribution in [2.45, 2.75) is 58.0 Å². The Kier molecular flexibility index (Phi) is 8.74. The summed E-state index contributed by atoms with van der Waals surface area (Å²) >= 11 is 13.6. The first-order valence-corrected chi connectivity index (χ1v) is 17.1. The van der Waals surface area contributed by atoms with E-state index in [0.29, 0.717) is 39.1 Å². The number of hydrogen-bond acceptors (Lipinski definition) is 7. The van der Waals surface area contributed by atoms with Crippen molar-refractivity contribution in [1.82, 2.24) is 30.2 Å². The molecule has 2 aromatic carbocycles. The first kappa shape index (κ1) is 31.7. The summed E-state index contributed by atoms with van der Waals surface area (Å²) in [5.41, 5.74) is 4.94. The van der Waals surface area contributed by atoms with Gasteiger partial charge in [0.1, 0.15) is 11.5 Å². The molecule has 3 heterocycles. The predicted octanol–water partition coefficient (Wildman–Crippen LogP) is 5.96. The van der Waals surface area contributed by atoms with E-state index in [1.165, 1.54) is 25.9 Å². The van der Waals surface area contributed by atoms with Crippen LogP contribution in [0.1, 0.15) is 76.8 Å². The molecule has 2 amide bonds. The Balaban J connectivity index is 1.15. The summed E-state index contributed by atoms with van der Waals surface area (Å²) in [7, 11) is 3.45. The molecule has 3 fully saturated rings. The zero-order chi connectivity index (χ0) is 32.8. The highest BCUT2D eigenvalue weighted by Gasteiger charge is 2.46. The minimum Gasteiger partial charge on any atom is -0.480 e. The predicted molar refractivity (Wildman–Crippen MR) is 182 cm³/mol. The van der Waals surface area contributed by atoms with Gasteiger partial charge in [0.05, 0.1) is 46.8 Å². The lowest BCUT2D eigenvalue weighted by Gasteiger charge is -2.28. The zero-order valence-corrected chi connectivity index (χ0v) is 28.4. The van der Waals surface area contributed by atoms with E-state index in [2.05, 4.69) is 43.1 Å². The number of rotatable bonds is 9. The molecule has 3 aliphatic rings. The molecule has 1 aliphatic heterocycles. The van der Waals surface area contributed by atoms with Gasteiger partial charge in [-0.3, -0.25) is 14.6 Å². The Morgan fingerprint density at radius 3 is 2.53 bits per heavy atom. The van der Waals surface area contributed by atoms with Crippen LogP contribution in [0.2, 0.25) is 10.0 Å². The maximum absolute atomic E-state index is 13.8. The molecule has 1 saturated heterocycles. The highest BCUT2D eigenvalue weighted by Crippen LogP contribution is 2.47. The second kappa shape index (κ2) is 13.0. The van der Waals surface area contributed by atoms with Crippen molar-refractivity contribution in [3.05, 3.63) is 74.9 Å². The molecule has 12 heteroatoms. The van der Waals surface area contributed by atoms with Crippen molar-refractivity contribution in [2.24, 2.45) is 24.8 Å². The van der Waals surface area contributed by atoms with Gasteiger partial charge in [0.15, 0.2) is 0 Å². The summed E-state index contributed by atoms with van der Waals surface area (Å²) in [4.78, 5) is 42.1. The van der Waals surface area contributed by atoms with Crippen molar-refractivity contribution in [3.63, 3.8) is 0 Å². The van der Waals surface area contributed by atoms with Crippen molar-refractivity contribution in [3.8, 4) is 5.88 Å². The number of amides is 2. The SMILES string of the molecule is COc1cncc(C(=O)NCc2ccc(Cl)c(Cc3nc4cc(C(=O)NC5CCC(C)CC5)c(N5CC6CC6C5)cc4n3C)c2Cl)n1. The van der Waals surface area contributed by atoms with E-state index in [1.54, 1.807) is 12.1 Å². The third kappa shape index (κ3) is 6.50. The van der Waals surface area contributed by atoms with Gasteiger partial charge in [-0.2, -0.15) is 0 Å². The zero-order valence-electron chi connectivity index (χ0n) is 26.9. The van der Waals surface area contributed by atoms with Gasteiger partial charge in [0.25, 0.3) is 11.8 Å². The van der Waals surface area contributed by atoms with Gasteiger partial charge in [-0.05, 0) is 79.2 Å². The fraction of sp³-hybridized carbons (Fsp3) is 0.457. The largest absolute Gasteiger partial charge is 0.480 e. The van der Waals surface area contributed by atoms with Crippen LogP contribution in [-0.2, 0) is 20.0 Å². The van der Waals surface area contributed by atoms with E-state index in [9.17, 15) is 9.59 Å². The van der Waals surface area contributed by atoms with E-state index < -0.39 is 5.91 Å². The van der Waals surface area contributed by atoms with E-state index in [4.69, 9.17) is 32.9 Å². The Morgan fingerprint density at radius 1 is 1.02 bits per heavy atom. The van der Waals surface area contributed by atoms with Crippen molar-refractivity contribution in [2.75, 3.05) is 25.1 Å². The fourth-order valence-corrected chi connectivity index (χ4v) is 7.64. The number of methoxy groups -OCH3 is 1. The summed E-state index contributed by atoms with van der Waals surface area (Å²) in [6.07, 6.45) is 8.80. The molecule has 2 unspecified atom stereocenters. The maximum atomic E-state index is 13.8. The first-order valence-electron chi connectivity index (χ1n) is 16.3. The molecule has 4 aromatic rings. The van der Waals surface area contributed by atoms with Crippen LogP contribution < -0.4 is 20.3 Å². The summed E-state index contributed by atoms with van der Waals surface area (Å²) in [6, 6.07) is 7.87. The number of halogens is 2. The molecule has 0 bridgehead atoms. The first-order chi connectivity index (χ1) is 22.7. The van der Waals surface area contributed by atoms with E-state index in [0.717, 1.165) is 73.2 Å². The number of aryl methyl sites for hydroxylation is 1. The van der Waals surface area contributed by atoms with Crippen LogP contribution in [0.25, 0.3) is 11.0 Å². The number of anilines is 1. The lowest BCUT2D eigenvalue weighted by Crippen LogP contribution is -2.38. The van der Waals surface area contributed by atoms with E-state index in [1.807, 2.05) is 13.1 Å². The quantitative estimate of drug-likeness (QED) is 0.225. The number of nitrogens with one attached hydrogen (secondary N) is 2. The minimum absolute atomic E-state index is 0.0185. The van der Waals surface area contributed by atoms with E-state index in [-0.39, 0.29) is 30.1 Å². The van der Waals surface area contributed by atoms with Gasteiger partial charge in [-0.1, -0.05) is 36.2 Å². The topological polar surface area (TPSA) is 114 Å².